The van der Waals surface area contributed by atoms with E-state index in [1.807, 2.05) is 0 Å². The van der Waals surface area contributed by atoms with Gasteiger partial charge in [-0.15, -0.1) is 0 Å². The SMILES string of the molecule is O=C(O)CCCCCN1C(=O)C(=Cc2ccccc2O)SC1=S. The number of thiocarbonyl (C=S) groups is 1. The Morgan fingerprint density at radius 1 is 1.26 bits per heavy atom. The number of aromatic hydroxyl groups is 1. The monoisotopic (exact) mass is 351 g/mol. The fourth-order valence-corrected chi connectivity index (χ4v) is 3.47. The molecular weight excluding hydrogens is 334 g/mol. The summed E-state index contributed by atoms with van der Waals surface area (Å²) in [5.41, 5.74) is 0.578. The zero-order valence-corrected chi connectivity index (χ0v) is 14.0. The van der Waals surface area contributed by atoms with Crippen molar-refractivity contribution in [1.29, 1.82) is 0 Å². The summed E-state index contributed by atoms with van der Waals surface area (Å²) < 4.78 is 0.495. The van der Waals surface area contributed by atoms with Gasteiger partial charge in [0.15, 0.2) is 0 Å². The number of carboxylic acid groups (broad SMARTS) is 1. The molecule has 0 atom stereocenters. The first-order valence-corrected chi connectivity index (χ1v) is 8.46. The highest BCUT2D eigenvalue weighted by Crippen LogP contribution is 2.34. The van der Waals surface area contributed by atoms with E-state index in [9.17, 15) is 14.7 Å². The third-order valence-electron chi connectivity index (χ3n) is 3.37. The minimum absolute atomic E-state index is 0.117. The van der Waals surface area contributed by atoms with Gasteiger partial charge in [-0.3, -0.25) is 14.5 Å². The lowest BCUT2D eigenvalue weighted by Crippen LogP contribution is -2.29. The molecule has 0 saturated carbocycles. The summed E-state index contributed by atoms with van der Waals surface area (Å²) in [6, 6.07) is 6.80. The molecule has 0 radical (unpaired) electrons. The summed E-state index contributed by atoms with van der Waals surface area (Å²) in [6.45, 7) is 0.488. The molecule has 122 valence electrons. The number of carboxylic acids is 1. The number of rotatable bonds is 7. The summed E-state index contributed by atoms with van der Waals surface area (Å²) in [4.78, 5) is 24.8. The molecule has 1 aromatic carbocycles. The fourth-order valence-electron chi connectivity index (χ4n) is 2.17. The van der Waals surface area contributed by atoms with Gasteiger partial charge in [0.05, 0.1) is 4.91 Å². The second-order valence-corrected chi connectivity index (χ2v) is 6.77. The van der Waals surface area contributed by atoms with E-state index in [-0.39, 0.29) is 18.1 Å². The van der Waals surface area contributed by atoms with Crippen LogP contribution in [0.25, 0.3) is 6.08 Å². The summed E-state index contributed by atoms with van der Waals surface area (Å²) >= 11 is 6.45. The Hall–Kier alpha value is -1.86. The van der Waals surface area contributed by atoms with E-state index in [0.29, 0.717) is 34.2 Å². The van der Waals surface area contributed by atoms with Crippen LogP contribution in [0.4, 0.5) is 0 Å². The van der Waals surface area contributed by atoms with Gasteiger partial charge in [-0.25, -0.2) is 0 Å². The first kappa shape index (κ1) is 17.5. The highest BCUT2D eigenvalue weighted by Gasteiger charge is 2.31. The summed E-state index contributed by atoms with van der Waals surface area (Å²) in [6.07, 6.45) is 3.83. The van der Waals surface area contributed by atoms with Gasteiger partial charge in [0.1, 0.15) is 10.1 Å². The molecule has 2 N–H and O–H groups in total. The molecule has 7 heteroatoms. The molecule has 1 heterocycles. The Bertz CT molecular complexity index is 657. The lowest BCUT2D eigenvalue weighted by atomic mass is 10.1. The predicted octanol–water partition coefficient (Wildman–Crippen LogP) is 3.24. The Kier molecular flexibility index (Phi) is 6.18. The van der Waals surface area contributed by atoms with Crippen molar-refractivity contribution in [2.24, 2.45) is 0 Å². The Labute approximate surface area is 144 Å². The van der Waals surface area contributed by atoms with Gasteiger partial charge < -0.3 is 10.2 Å². The zero-order valence-electron chi connectivity index (χ0n) is 12.4. The predicted molar refractivity (Wildman–Crippen MR) is 94.1 cm³/mol. The van der Waals surface area contributed by atoms with E-state index in [0.717, 1.165) is 6.42 Å². The number of hydrogen-bond donors (Lipinski definition) is 2. The van der Waals surface area contributed by atoms with Crippen LogP contribution in [0.5, 0.6) is 5.75 Å². The number of phenols is 1. The first-order valence-electron chi connectivity index (χ1n) is 7.24. The Balaban J connectivity index is 1.95. The molecule has 0 bridgehead atoms. The smallest absolute Gasteiger partial charge is 0.303 e. The highest BCUT2D eigenvalue weighted by molar-refractivity contribution is 8.26. The molecule has 1 saturated heterocycles. The number of amides is 1. The van der Waals surface area contributed by atoms with Crippen molar-refractivity contribution in [1.82, 2.24) is 4.90 Å². The molecule has 2 rings (SSSR count). The summed E-state index contributed by atoms with van der Waals surface area (Å²) in [7, 11) is 0. The Morgan fingerprint density at radius 3 is 2.70 bits per heavy atom. The number of unbranched alkanes of at least 4 members (excludes halogenated alkanes) is 2. The van der Waals surface area contributed by atoms with Crippen molar-refractivity contribution in [2.75, 3.05) is 6.54 Å². The van der Waals surface area contributed by atoms with E-state index in [2.05, 4.69) is 0 Å². The van der Waals surface area contributed by atoms with Crippen LogP contribution >= 0.6 is 24.0 Å². The number of nitrogens with zero attached hydrogens (tertiary/aromatic N) is 1. The van der Waals surface area contributed by atoms with Gasteiger partial charge in [0.25, 0.3) is 5.91 Å². The van der Waals surface area contributed by atoms with Crippen LogP contribution in [0.3, 0.4) is 0 Å². The first-order chi connectivity index (χ1) is 11.0. The van der Waals surface area contributed by atoms with Crippen LogP contribution in [0.2, 0.25) is 0 Å². The second-order valence-electron chi connectivity index (χ2n) is 5.10. The number of benzene rings is 1. The second kappa shape index (κ2) is 8.12. The average molecular weight is 351 g/mol. The van der Waals surface area contributed by atoms with Crippen molar-refractivity contribution in [3.63, 3.8) is 0 Å². The molecule has 23 heavy (non-hydrogen) atoms. The summed E-state index contributed by atoms with van der Waals surface area (Å²) in [5, 5.41) is 18.4. The molecule has 0 unspecified atom stereocenters. The van der Waals surface area contributed by atoms with Gasteiger partial charge in [0.2, 0.25) is 0 Å². The fraction of sp³-hybridized carbons (Fsp3) is 0.312. The number of para-hydroxylation sites is 1. The zero-order chi connectivity index (χ0) is 16.8. The van der Waals surface area contributed by atoms with E-state index in [4.69, 9.17) is 17.3 Å². The molecule has 5 nitrogen and oxygen atoms in total. The highest BCUT2D eigenvalue weighted by atomic mass is 32.2. The minimum Gasteiger partial charge on any atom is -0.507 e. The molecule has 1 aromatic rings. The number of aliphatic carboxylic acids is 1. The quantitative estimate of drug-likeness (QED) is 0.446. The van der Waals surface area contributed by atoms with Crippen molar-refractivity contribution in [2.45, 2.75) is 25.7 Å². The van der Waals surface area contributed by atoms with E-state index in [1.165, 1.54) is 16.7 Å². The summed E-state index contributed by atoms with van der Waals surface area (Å²) in [5.74, 6) is -0.853. The van der Waals surface area contributed by atoms with Crippen LogP contribution in [0.15, 0.2) is 29.2 Å². The number of thioether (sulfide) groups is 1. The number of hydrogen-bond acceptors (Lipinski definition) is 5. The maximum atomic E-state index is 12.4. The molecule has 1 aliphatic heterocycles. The molecule has 0 aliphatic carbocycles. The van der Waals surface area contributed by atoms with Crippen molar-refractivity contribution in [3.05, 3.63) is 34.7 Å². The van der Waals surface area contributed by atoms with Crippen LogP contribution < -0.4 is 0 Å². The van der Waals surface area contributed by atoms with E-state index in [1.54, 1.807) is 30.3 Å². The van der Waals surface area contributed by atoms with Gasteiger partial charge in [-0.2, -0.15) is 0 Å². The van der Waals surface area contributed by atoms with Gasteiger partial charge >= 0.3 is 5.97 Å². The minimum atomic E-state index is -0.804. The van der Waals surface area contributed by atoms with Gasteiger partial charge in [-0.1, -0.05) is 48.6 Å². The third kappa shape index (κ3) is 4.80. The van der Waals surface area contributed by atoms with Crippen molar-refractivity contribution in [3.8, 4) is 5.75 Å². The van der Waals surface area contributed by atoms with Crippen LogP contribution in [-0.2, 0) is 9.59 Å². The Morgan fingerprint density at radius 2 is 2.00 bits per heavy atom. The molecule has 1 aliphatic rings. The molecule has 0 aromatic heterocycles. The van der Waals surface area contributed by atoms with Crippen LogP contribution in [-0.4, -0.2) is 37.9 Å². The number of carbonyl (C=O) groups excluding carboxylic acids is 1. The molecule has 1 fully saturated rings. The largest absolute Gasteiger partial charge is 0.507 e. The van der Waals surface area contributed by atoms with E-state index >= 15 is 0 Å². The van der Waals surface area contributed by atoms with E-state index < -0.39 is 5.97 Å². The topological polar surface area (TPSA) is 77.8 Å². The average Bonchev–Trinajstić information content (AvgIpc) is 2.76. The lowest BCUT2D eigenvalue weighted by molar-refractivity contribution is -0.137. The molecule has 1 amide bonds. The lowest BCUT2D eigenvalue weighted by Gasteiger charge is -2.13. The normalized spacial score (nSPS) is 16.3. The molecule has 0 spiro atoms. The number of carbonyl (C=O) groups is 2. The molecular formula is C16H17NO4S2. The van der Waals surface area contributed by atoms with Crippen molar-refractivity contribution < 1.29 is 19.8 Å². The maximum absolute atomic E-state index is 12.4. The van der Waals surface area contributed by atoms with Crippen LogP contribution in [0.1, 0.15) is 31.2 Å². The maximum Gasteiger partial charge on any atom is 0.303 e. The van der Waals surface area contributed by atoms with Crippen molar-refractivity contribution >= 4 is 46.3 Å². The standard InChI is InChI=1S/C16H17NO4S2/c18-12-7-4-3-6-11(12)10-13-15(21)17(16(22)23-13)9-5-1-2-8-14(19)20/h3-4,6-7,10,18H,1-2,5,8-9H2,(H,19,20). The van der Waals surface area contributed by atoms with Gasteiger partial charge in [0, 0.05) is 18.5 Å². The van der Waals surface area contributed by atoms with Crippen LogP contribution in [0, 0.1) is 0 Å². The van der Waals surface area contributed by atoms with Gasteiger partial charge in [-0.05, 0) is 25.0 Å². The number of phenolic OH excluding ortho intramolecular Hbond substituents is 1. The third-order valence-corrected chi connectivity index (χ3v) is 4.75.